The van der Waals surface area contributed by atoms with E-state index in [2.05, 4.69) is 20.6 Å². The number of H-pyrrole nitrogens is 1. The Bertz CT molecular complexity index is 1600. The van der Waals surface area contributed by atoms with Crippen LogP contribution in [0.2, 0.25) is 15.1 Å². The number of rotatable bonds is 6. The SMILES string of the molecule is N#Cc1c(-c2c(Cl)cccc2Cl)nc(SCc2ccc(C(=O)NC(=S)Nc3ccc(Cl)cc3)cc2)[nH]c1=O. The van der Waals surface area contributed by atoms with E-state index in [9.17, 15) is 14.9 Å². The Morgan fingerprint density at radius 1 is 1.03 bits per heavy atom. The van der Waals surface area contributed by atoms with Crippen molar-refractivity contribution in [2.75, 3.05) is 5.32 Å². The van der Waals surface area contributed by atoms with E-state index in [4.69, 9.17) is 47.0 Å². The molecule has 0 aliphatic heterocycles. The Labute approximate surface area is 242 Å². The molecule has 0 aliphatic carbocycles. The highest BCUT2D eigenvalue weighted by molar-refractivity contribution is 7.98. The lowest BCUT2D eigenvalue weighted by Gasteiger charge is -2.10. The summed E-state index contributed by atoms with van der Waals surface area (Å²) in [6, 6.07) is 20.6. The van der Waals surface area contributed by atoms with E-state index < -0.39 is 5.56 Å². The lowest BCUT2D eigenvalue weighted by atomic mass is 10.1. The first-order chi connectivity index (χ1) is 18.2. The van der Waals surface area contributed by atoms with Gasteiger partial charge in [-0.15, -0.1) is 0 Å². The number of thiocarbonyl (C=S) groups is 1. The number of carbonyl (C=O) groups is 1. The largest absolute Gasteiger partial charge is 0.332 e. The first-order valence-electron chi connectivity index (χ1n) is 10.8. The van der Waals surface area contributed by atoms with Crippen molar-refractivity contribution < 1.29 is 4.79 Å². The van der Waals surface area contributed by atoms with Crippen LogP contribution >= 0.6 is 58.8 Å². The molecule has 0 saturated heterocycles. The Balaban J connectivity index is 1.43. The third-order valence-corrected chi connectivity index (χ3v) is 7.16. The van der Waals surface area contributed by atoms with Gasteiger partial charge in [-0.3, -0.25) is 14.9 Å². The lowest BCUT2D eigenvalue weighted by molar-refractivity contribution is 0.0977. The van der Waals surface area contributed by atoms with Crippen molar-refractivity contribution >= 4 is 75.5 Å². The molecular weight excluding hydrogens is 585 g/mol. The fourth-order valence-electron chi connectivity index (χ4n) is 3.30. The Morgan fingerprint density at radius 3 is 2.32 bits per heavy atom. The van der Waals surface area contributed by atoms with Gasteiger partial charge in [-0.05, 0) is 66.3 Å². The number of hydrogen-bond donors (Lipinski definition) is 3. The molecular formula is C26H16Cl3N5O2S2. The maximum Gasteiger partial charge on any atom is 0.270 e. The fraction of sp³-hybridized carbons (Fsp3) is 0.0385. The summed E-state index contributed by atoms with van der Waals surface area (Å²) >= 11 is 24.9. The molecule has 0 unspecified atom stereocenters. The average Bonchev–Trinajstić information content (AvgIpc) is 2.89. The molecule has 0 radical (unpaired) electrons. The highest BCUT2D eigenvalue weighted by Crippen LogP contribution is 2.35. The van der Waals surface area contributed by atoms with E-state index in [1.165, 1.54) is 11.8 Å². The summed E-state index contributed by atoms with van der Waals surface area (Å²) in [7, 11) is 0. The van der Waals surface area contributed by atoms with Gasteiger partial charge in [0.2, 0.25) is 0 Å². The van der Waals surface area contributed by atoms with Crippen LogP contribution in [0.5, 0.6) is 0 Å². The molecule has 0 fully saturated rings. The Morgan fingerprint density at radius 2 is 1.68 bits per heavy atom. The van der Waals surface area contributed by atoms with E-state index in [0.29, 0.717) is 32.7 Å². The zero-order chi connectivity index (χ0) is 27.2. The number of nitriles is 1. The summed E-state index contributed by atoms with van der Waals surface area (Å²) in [5, 5.41) is 16.6. The number of aromatic nitrogens is 2. The van der Waals surface area contributed by atoms with Crippen molar-refractivity contribution in [1.29, 1.82) is 5.26 Å². The smallest absolute Gasteiger partial charge is 0.270 e. The summed E-state index contributed by atoms with van der Waals surface area (Å²) < 4.78 is 0. The van der Waals surface area contributed by atoms with Gasteiger partial charge in [-0.2, -0.15) is 5.26 Å². The molecule has 1 heterocycles. The number of anilines is 1. The maximum atomic E-state index is 12.6. The van der Waals surface area contributed by atoms with Gasteiger partial charge >= 0.3 is 0 Å². The van der Waals surface area contributed by atoms with E-state index in [1.54, 1.807) is 66.7 Å². The molecule has 0 bridgehead atoms. The van der Waals surface area contributed by atoms with Gasteiger partial charge in [0.1, 0.15) is 11.6 Å². The number of thioether (sulfide) groups is 1. The minimum absolute atomic E-state index is 0.115. The van der Waals surface area contributed by atoms with E-state index in [1.807, 2.05) is 6.07 Å². The molecule has 1 amide bonds. The van der Waals surface area contributed by atoms with Gasteiger partial charge in [-0.25, -0.2) is 4.98 Å². The van der Waals surface area contributed by atoms with Gasteiger partial charge in [0.15, 0.2) is 10.3 Å². The Kier molecular flexibility index (Phi) is 9.05. The molecule has 0 saturated carbocycles. The molecule has 0 aliphatic rings. The van der Waals surface area contributed by atoms with Crippen LogP contribution < -0.4 is 16.2 Å². The van der Waals surface area contributed by atoms with Gasteiger partial charge in [0.05, 0.1) is 15.7 Å². The zero-order valence-corrected chi connectivity index (χ0v) is 23.1. The predicted molar refractivity (Wildman–Crippen MR) is 156 cm³/mol. The number of hydrogen-bond acceptors (Lipinski definition) is 6. The molecule has 3 aromatic carbocycles. The second kappa shape index (κ2) is 12.4. The number of amides is 1. The van der Waals surface area contributed by atoms with Gasteiger partial charge in [-0.1, -0.05) is 64.8 Å². The maximum absolute atomic E-state index is 12.6. The molecule has 38 heavy (non-hydrogen) atoms. The highest BCUT2D eigenvalue weighted by Gasteiger charge is 2.19. The standard InChI is InChI=1S/C26H16Cl3N5O2S2/c27-16-8-10-17(11-9-16)31-25(37)33-23(35)15-6-4-14(5-7-15)13-38-26-32-22(18(12-30)24(36)34-26)21-19(28)2-1-3-20(21)29/h1-11H,13H2,(H,32,34,36)(H2,31,33,35,37). The predicted octanol–water partition coefficient (Wildman–Crippen LogP) is 6.69. The second-order valence-electron chi connectivity index (χ2n) is 7.70. The molecule has 7 nitrogen and oxygen atoms in total. The monoisotopic (exact) mass is 599 g/mol. The van der Waals surface area contributed by atoms with E-state index in [0.717, 1.165) is 5.56 Å². The number of aromatic amines is 1. The van der Waals surface area contributed by atoms with E-state index in [-0.39, 0.29) is 32.3 Å². The van der Waals surface area contributed by atoms with Crippen molar-refractivity contribution in [3.8, 4) is 17.3 Å². The third kappa shape index (κ3) is 6.72. The first-order valence-corrected chi connectivity index (χ1v) is 13.4. The average molecular weight is 601 g/mol. The molecule has 4 aromatic rings. The van der Waals surface area contributed by atoms with E-state index >= 15 is 0 Å². The molecule has 3 N–H and O–H groups in total. The van der Waals surface area contributed by atoms with Crippen molar-refractivity contribution in [2.45, 2.75) is 10.9 Å². The topological polar surface area (TPSA) is 111 Å². The number of nitrogens with zero attached hydrogens (tertiary/aromatic N) is 2. The molecule has 0 atom stereocenters. The van der Waals surface area contributed by atoms with Crippen LogP contribution in [0.15, 0.2) is 76.7 Å². The summed E-state index contributed by atoms with van der Waals surface area (Å²) in [6.07, 6.45) is 0. The van der Waals surface area contributed by atoms with Crippen molar-refractivity contribution in [2.24, 2.45) is 0 Å². The minimum atomic E-state index is -0.591. The quantitative estimate of drug-likeness (QED) is 0.128. The molecule has 12 heteroatoms. The van der Waals surface area contributed by atoms with Crippen LogP contribution in [-0.2, 0) is 5.75 Å². The molecule has 1 aromatic heterocycles. The molecule has 4 rings (SSSR count). The minimum Gasteiger partial charge on any atom is -0.332 e. The van der Waals surface area contributed by atoms with Crippen LogP contribution in [0.25, 0.3) is 11.3 Å². The summed E-state index contributed by atoms with van der Waals surface area (Å²) in [4.78, 5) is 32.2. The summed E-state index contributed by atoms with van der Waals surface area (Å²) in [5.74, 6) is 0.0678. The van der Waals surface area contributed by atoms with Crippen molar-refractivity contribution in [1.82, 2.24) is 15.3 Å². The van der Waals surface area contributed by atoms with Crippen molar-refractivity contribution in [3.63, 3.8) is 0 Å². The van der Waals surface area contributed by atoms with Crippen molar-refractivity contribution in [3.05, 3.63) is 109 Å². The fourth-order valence-corrected chi connectivity index (χ4v) is 5.03. The molecule has 0 spiro atoms. The summed E-state index contributed by atoms with van der Waals surface area (Å²) in [6.45, 7) is 0. The number of nitrogens with one attached hydrogen (secondary N) is 3. The number of halogens is 3. The molecule has 190 valence electrons. The van der Waals surface area contributed by atoms with Crippen LogP contribution in [-0.4, -0.2) is 21.0 Å². The normalized spacial score (nSPS) is 10.5. The highest BCUT2D eigenvalue weighted by atomic mass is 35.5. The Hall–Kier alpha value is -3.39. The van der Waals surface area contributed by atoms with Crippen LogP contribution in [0.1, 0.15) is 21.5 Å². The second-order valence-corrected chi connectivity index (χ2v) is 10.3. The third-order valence-electron chi connectivity index (χ3n) is 5.13. The van der Waals surface area contributed by atoms with Crippen LogP contribution in [0.3, 0.4) is 0 Å². The summed E-state index contributed by atoms with van der Waals surface area (Å²) in [5.41, 5.74) is 1.65. The number of benzene rings is 3. The van der Waals surface area contributed by atoms with Crippen LogP contribution in [0.4, 0.5) is 5.69 Å². The van der Waals surface area contributed by atoms with Gasteiger partial charge < -0.3 is 10.3 Å². The zero-order valence-electron chi connectivity index (χ0n) is 19.2. The lowest BCUT2D eigenvalue weighted by Crippen LogP contribution is -2.34. The first kappa shape index (κ1) is 27.6. The van der Waals surface area contributed by atoms with Gasteiger partial charge in [0, 0.05) is 27.6 Å². The van der Waals surface area contributed by atoms with Gasteiger partial charge in [0.25, 0.3) is 11.5 Å². The van der Waals surface area contributed by atoms with Crippen LogP contribution in [0, 0.1) is 11.3 Å². The number of carbonyl (C=O) groups excluding carboxylic acids is 1.